The number of aromatic nitrogens is 2. The van der Waals surface area contributed by atoms with Gasteiger partial charge < -0.3 is 20.8 Å². The van der Waals surface area contributed by atoms with Crippen molar-refractivity contribution >= 4 is 17.2 Å². The fourth-order valence-electron chi connectivity index (χ4n) is 1.45. The third kappa shape index (κ3) is 2.60. The number of nitrogens with two attached hydrogens (primary N) is 1. The second-order valence-electron chi connectivity index (χ2n) is 3.58. The van der Waals surface area contributed by atoms with E-state index in [1.807, 2.05) is 31.2 Å². The van der Waals surface area contributed by atoms with Crippen molar-refractivity contribution in [2.24, 2.45) is 0 Å². The zero-order chi connectivity index (χ0) is 13.0. The van der Waals surface area contributed by atoms with Gasteiger partial charge in [-0.2, -0.15) is 0 Å². The van der Waals surface area contributed by atoms with Gasteiger partial charge >= 0.3 is 0 Å². The van der Waals surface area contributed by atoms with Gasteiger partial charge in [0.2, 0.25) is 0 Å². The highest BCUT2D eigenvalue weighted by Gasteiger charge is 2.04. The van der Waals surface area contributed by atoms with E-state index in [1.165, 1.54) is 6.33 Å². The molecule has 18 heavy (non-hydrogen) atoms. The van der Waals surface area contributed by atoms with Crippen LogP contribution in [0, 0.1) is 0 Å². The van der Waals surface area contributed by atoms with Crippen LogP contribution < -0.4 is 21.3 Å². The predicted octanol–water partition coefficient (Wildman–Crippen LogP) is 1.49. The molecule has 0 spiro atoms. The van der Waals surface area contributed by atoms with Gasteiger partial charge in [0.05, 0.1) is 12.9 Å². The van der Waals surface area contributed by atoms with Crippen molar-refractivity contribution in [3.63, 3.8) is 0 Å². The molecule has 0 unspecified atom stereocenters. The number of rotatable bonds is 4. The third-order valence-electron chi connectivity index (χ3n) is 2.32. The van der Waals surface area contributed by atoms with Crippen LogP contribution in [0.15, 0.2) is 35.4 Å². The van der Waals surface area contributed by atoms with Crippen LogP contribution in [-0.2, 0) is 0 Å². The lowest BCUT2D eigenvalue weighted by Crippen LogP contribution is -2.14. The van der Waals surface area contributed by atoms with Crippen LogP contribution >= 0.6 is 0 Å². The van der Waals surface area contributed by atoms with Crippen LogP contribution in [0.3, 0.4) is 0 Å². The molecule has 2 aromatic rings. The standard InChI is InChI=1S/C12H14N4O2/c1-2-18-9-5-3-8(4-6-9)16-11-10(13)12(17)15-7-14-11/h3-7H,2,13H2,1H3,(H2,14,15,16,17). The number of nitrogens with one attached hydrogen (secondary N) is 2. The molecule has 6 heteroatoms. The van der Waals surface area contributed by atoms with Crippen LogP contribution in [0.25, 0.3) is 0 Å². The smallest absolute Gasteiger partial charge is 0.276 e. The largest absolute Gasteiger partial charge is 0.494 e. The van der Waals surface area contributed by atoms with Crippen LogP contribution in [-0.4, -0.2) is 16.6 Å². The van der Waals surface area contributed by atoms with E-state index >= 15 is 0 Å². The van der Waals surface area contributed by atoms with Gasteiger partial charge in [-0.05, 0) is 31.2 Å². The van der Waals surface area contributed by atoms with Crippen molar-refractivity contribution in [2.45, 2.75) is 6.92 Å². The molecule has 6 nitrogen and oxygen atoms in total. The molecule has 0 aliphatic carbocycles. The molecule has 0 fully saturated rings. The fourth-order valence-corrected chi connectivity index (χ4v) is 1.45. The van der Waals surface area contributed by atoms with E-state index in [0.29, 0.717) is 12.4 Å². The van der Waals surface area contributed by atoms with Crippen molar-refractivity contribution in [2.75, 3.05) is 17.7 Å². The highest BCUT2D eigenvalue weighted by molar-refractivity contribution is 5.67. The Morgan fingerprint density at radius 2 is 2.11 bits per heavy atom. The summed E-state index contributed by atoms with van der Waals surface area (Å²) in [5, 5.41) is 2.97. The average Bonchev–Trinajstić information content (AvgIpc) is 2.38. The minimum atomic E-state index is -0.363. The van der Waals surface area contributed by atoms with Crippen molar-refractivity contribution in [1.29, 1.82) is 0 Å². The zero-order valence-corrected chi connectivity index (χ0v) is 9.93. The average molecular weight is 246 g/mol. The maximum absolute atomic E-state index is 11.3. The number of hydrogen-bond donors (Lipinski definition) is 3. The molecule has 0 radical (unpaired) electrons. The maximum atomic E-state index is 11.3. The van der Waals surface area contributed by atoms with Gasteiger partial charge in [-0.25, -0.2) is 4.98 Å². The molecule has 0 amide bonds. The number of nitrogens with zero attached hydrogens (tertiary/aromatic N) is 1. The molecule has 0 aliphatic heterocycles. The number of H-pyrrole nitrogens is 1. The van der Waals surface area contributed by atoms with Gasteiger partial charge in [-0.1, -0.05) is 0 Å². The van der Waals surface area contributed by atoms with Crippen molar-refractivity contribution in [3.8, 4) is 5.75 Å². The number of benzene rings is 1. The Labute approximate surface area is 104 Å². The minimum Gasteiger partial charge on any atom is -0.494 e. The SMILES string of the molecule is CCOc1ccc(Nc2nc[nH]c(=O)c2N)cc1. The number of nitrogen functional groups attached to an aromatic ring is 1. The van der Waals surface area contributed by atoms with Crippen molar-refractivity contribution < 1.29 is 4.74 Å². The summed E-state index contributed by atoms with van der Waals surface area (Å²) < 4.78 is 5.33. The van der Waals surface area contributed by atoms with Gasteiger partial charge in [0.25, 0.3) is 5.56 Å². The summed E-state index contributed by atoms with van der Waals surface area (Å²) in [6.07, 6.45) is 1.30. The highest BCUT2D eigenvalue weighted by Crippen LogP contribution is 2.20. The number of aromatic amines is 1. The topological polar surface area (TPSA) is 93.0 Å². The lowest BCUT2D eigenvalue weighted by molar-refractivity contribution is 0.340. The second-order valence-corrected chi connectivity index (χ2v) is 3.58. The second kappa shape index (κ2) is 5.22. The van der Waals surface area contributed by atoms with Gasteiger partial charge in [-0.3, -0.25) is 4.79 Å². The Morgan fingerprint density at radius 3 is 2.78 bits per heavy atom. The molecule has 0 aliphatic rings. The Balaban J connectivity index is 2.18. The van der Waals surface area contributed by atoms with E-state index in [-0.39, 0.29) is 11.2 Å². The van der Waals surface area contributed by atoms with E-state index in [2.05, 4.69) is 15.3 Å². The molecule has 1 heterocycles. The monoisotopic (exact) mass is 246 g/mol. The van der Waals surface area contributed by atoms with Gasteiger partial charge in [-0.15, -0.1) is 0 Å². The maximum Gasteiger partial charge on any atom is 0.276 e. The Kier molecular flexibility index (Phi) is 3.47. The number of ether oxygens (including phenoxy) is 1. The first-order valence-electron chi connectivity index (χ1n) is 5.53. The fraction of sp³-hybridized carbons (Fsp3) is 0.167. The number of anilines is 3. The molecule has 0 bridgehead atoms. The molecule has 1 aromatic carbocycles. The molecular formula is C12H14N4O2. The summed E-state index contributed by atoms with van der Waals surface area (Å²) in [5.74, 6) is 1.12. The first kappa shape index (κ1) is 12.0. The van der Waals surface area contributed by atoms with Crippen LogP contribution in [0.2, 0.25) is 0 Å². The van der Waals surface area contributed by atoms with E-state index < -0.39 is 0 Å². The molecule has 0 saturated heterocycles. The normalized spacial score (nSPS) is 10.1. The summed E-state index contributed by atoms with van der Waals surface area (Å²) in [6.45, 7) is 2.54. The third-order valence-corrected chi connectivity index (χ3v) is 2.32. The first-order valence-corrected chi connectivity index (χ1v) is 5.53. The van der Waals surface area contributed by atoms with E-state index in [4.69, 9.17) is 10.5 Å². The molecular weight excluding hydrogens is 232 g/mol. The van der Waals surface area contributed by atoms with Crippen LogP contribution in [0.5, 0.6) is 5.75 Å². The van der Waals surface area contributed by atoms with E-state index in [9.17, 15) is 4.79 Å². The van der Waals surface area contributed by atoms with Crippen molar-refractivity contribution in [3.05, 3.63) is 40.9 Å². The quantitative estimate of drug-likeness (QED) is 0.760. The lowest BCUT2D eigenvalue weighted by atomic mass is 10.3. The van der Waals surface area contributed by atoms with E-state index in [0.717, 1.165) is 11.4 Å². The summed E-state index contributed by atoms with van der Waals surface area (Å²) in [4.78, 5) is 17.7. The van der Waals surface area contributed by atoms with Gasteiger partial charge in [0.1, 0.15) is 11.4 Å². The summed E-state index contributed by atoms with van der Waals surface area (Å²) in [5.41, 5.74) is 6.09. The molecule has 4 N–H and O–H groups in total. The van der Waals surface area contributed by atoms with E-state index in [1.54, 1.807) is 0 Å². The Morgan fingerprint density at radius 1 is 1.39 bits per heavy atom. The van der Waals surface area contributed by atoms with Crippen molar-refractivity contribution in [1.82, 2.24) is 9.97 Å². The Hall–Kier alpha value is -2.50. The van der Waals surface area contributed by atoms with Crippen LogP contribution in [0.1, 0.15) is 6.92 Å². The summed E-state index contributed by atoms with van der Waals surface area (Å²) in [7, 11) is 0. The predicted molar refractivity (Wildman–Crippen MR) is 70.2 cm³/mol. The Bertz CT molecular complexity index is 577. The molecule has 1 aromatic heterocycles. The summed E-state index contributed by atoms with van der Waals surface area (Å²) in [6, 6.07) is 7.31. The lowest BCUT2D eigenvalue weighted by Gasteiger charge is -2.08. The van der Waals surface area contributed by atoms with Gasteiger partial charge in [0, 0.05) is 5.69 Å². The first-order chi connectivity index (χ1) is 8.70. The number of hydrogen-bond acceptors (Lipinski definition) is 5. The zero-order valence-electron chi connectivity index (χ0n) is 9.93. The molecule has 0 atom stereocenters. The van der Waals surface area contributed by atoms with Gasteiger partial charge in [0.15, 0.2) is 5.82 Å². The summed E-state index contributed by atoms with van der Waals surface area (Å²) >= 11 is 0. The highest BCUT2D eigenvalue weighted by atomic mass is 16.5. The molecule has 2 rings (SSSR count). The molecule has 94 valence electrons. The minimum absolute atomic E-state index is 0.0615. The van der Waals surface area contributed by atoms with Crippen LogP contribution in [0.4, 0.5) is 17.2 Å². The molecule has 0 saturated carbocycles.